The van der Waals surface area contributed by atoms with Crippen LogP contribution < -0.4 is 5.32 Å². The second-order valence-corrected chi connectivity index (χ2v) is 8.76. The number of hydrogen-bond acceptors (Lipinski definition) is 5. The number of amides is 1. The van der Waals surface area contributed by atoms with Crippen LogP contribution in [0.1, 0.15) is 26.6 Å². The van der Waals surface area contributed by atoms with E-state index in [9.17, 15) is 4.79 Å². The summed E-state index contributed by atoms with van der Waals surface area (Å²) in [6, 6.07) is 18.1. The van der Waals surface area contributed by atoms with Gasteiger partial charge in [-0.3, -0.25) is 4.79 Å². The fourth-order valence-electron chi connectivity index (χ4n) is 2.77. The zero-order valence-electron chi connectivity index (χ0n) is 16.2. The SMILES string of the molecule is Cc1nc(CSc2ccc(C(=O)NCCN(C)Cc3ccccc3)cc2)cs1. The molecule has 6 heteroatoms. The van der Waals surface area contributed by atoms with Gasteiger partial charge in [0.15, 0.2) is 0 Å². The molecule has 0 aliphatic heterocycles. The summed E-state index contributed by atoms with van der Waals surface area (Å²) in [5, 5.41) is 6.19. The van der Waals surface area contributed by atoms with Gasteiger partial charge in [-0.2, -0.15) is 0 Å². The first-order chi connectivity index (χ1) is 13.6. The summed E-state index contributed by atoms with van der Waals surface area (Å²) in [4.78, 5) is 20.2. The lowest BCUT2D eigenvalue weighted by atomic mass is 10.2. The van der Waals surface area contributed by atoms with Gasteiger partial charge in [0.25, 0.3) is 5.91 Å². The Kier molecular flexibility index (Phi) is 7.65. The summed E-state index contributed by atoms with van der Waals surface area (Å²) in [7, 11) is 2.06. The predicted octanol–water partition coefficient (Wildman–Crippen LogP) is 4.61. The number of thiazole rings is 1. The average Bonchev–Trinajstić information content (AvgIpc) is 3.12. The predicted molar refractivity (Wildman–Crippen MR) is 118 cm³/mol. The molecule has 1 heterocycles. The quantitative estimate of drug-likeness (QED) is 0.523. The van der Waals surface area contributed by atoms with E-state index in [1.165, 1.54) is 5.56 Å². The molecule has 146 valence electrons. The third-order valence-electron chi connectivity index (χ3n) is 4.24. The summed E-state index contributed by atoms with van der Waals surface area (Å²) < 4.78 is 0. The van der Waals surface area contributed by atoms with Crippen molar-refractivity contribution >= 4 is 29.0 Å². The third kappa shape index (κ3) is 6.48. The van der Waals surface area contributed by atoms with Crippen LogP contribution in [0.5, 0.6) is 0 Å². The Morgan fingerprint density at radius 1 is 1.14 bits per heavy atom. The van der Waals surface area contributed by atoms with E-state index in [1.807, 2.05) is 49.4 Å². The molecule has 0 aliphatic carbocycles. The molecule has 1 amide bonds. The standard InChI is InChI=1S/C22H25N3OS2/c1-17-24-20(15-27-17)16-28-21-10-8-19(9-11-21)22(26)23-12-13-25(2)14-18-6-4-3-5-7-18/h3-11,15H,12-14,16H2,1-2H3,(H,23,26). The minimum Gasteiger partial charge on any atom is -0.351 e. The van der Waals surface area contributed by atoms with Gasteiger partial charge in [-0.25, -0.2) is 4.98 Å². The van der Waals surface area contributed by atoms with Gasteiger partial charge in [0.1, 0.15) is 0 Å². The molecule has 28 heavy (non-hydrogen) atoms. The monoisotopic (exact) mass is 411 g/mol. The van der Waals surface area contributed by atoms with Crippen LogP contribution in [0.3, 0.4) is 0 Å². The number of carbonyl (C=O) groups excluding carboxylic acids is 1. The number of hydrogen-bond donors (Lipinski definition) is 1. The summed E-state index contributed by atoms with van der Waals surface area (Å²) >= 11 is 3.41. The van der Waals surface area contributed by atoms with Crippen molar-refractivity contribution in [2.24, 2.45) is 0 Å². The van der Waals surface area contributed by atoms with E-state index in [0.717, 1.165) is 34.4 Å². The van der Waals surface area contributed by atoms with E-state index >= 15 is 0 Å². The molecule has 0 bridgehead atoms. The van der Waals surface area contributed by atoms with Crippen LogP contribution in [0.2, 0.25) is 0 Å². The maximum atomic E-state index is 12.3. The van der Waals surface area contributed by atoms with Crippen LogP contribution in [0.15, 0.2) is 64.9 Å². The fraction of sp³-hybridized carbons (Fsp3) is 0.273. The van der Waals surface area contributed by atoms with Crippen LogP contribution >= 0.6 is 23.1 Å². The summed E-state index contributed by atoms with van der Waals surface area (Å²) in [6.45, 7) is 4.33. The second-order valence-electron chi connectivity index (χ2n) is 6.65. The maximum absolute atomic E-state index is 12.3. The Bertz CT molecular complexity index is 878. The molecular formula is C22H25N3OS2. The lowest BCUT2D eigenvalue weighted by Crippen LogP contribution is -2.32. The van der Waals surface area contributed by atoms with E-state index in [4.69, 9.17) is 0 Å². The number of likely N-dealkylation sites (N-methyl/N-ethyl adjacent to an activating group) is 1. The summed E-state index contributed by atoms with van der Waals surface area (Å²) in [6.07, 6.45) is 0. The molecule has 0 unspecified atom stereocenters. The van der Waals surface area contributed by atoms with Crippen molar-refractivity contribution < 1.29 is 4.79 Å². The molecule has 0 aliphatic rings. The highest BCUT2D eigenvalue weighted by atomic mass is 32.2. The molecule has 2 aromatic carbocycles. The van der Waals surface area contributed by atoms with Crippen LogP contribution in [-0.2, 0) is 12.3 Å². The number of nitrogens with zero attached hydrogens (tertiary/aromatic N) is 2. The average molecular weight is 412 g/mol. The first-order valence-electron chi connectivity index (χ1n) is 9.25. The normalized spacial score (nSPS) is 11.0. The molecule has 3 rings (SSSR count). The Morgan fingerprint density at radius 3 is 2.57 bits per heavy atom. The first-order valence-corrected chi connectivity index (χ1v) is 11.1. The molecular weight excluding hydrogens is 386 g/mol. The smallest absolute Gasteiger partial charge is 0.251 e. The minimum absolute atomic E-state index is 0.0280. The Balaban J connectivity index is 1.40. The molecule has 0 radical (unpaired) electrons. The number of thioether (sulfide) groups is 1. The number of aryl methyl sites for hydroxylation is 1. The van der Waals surface area contributed by atoms with E-state index < -0.39 is 0 Å². The van der Waals surface area contributed by atoms with Crippen molar-refractivity contribution in [2.75, 3.05) is 20.1 Å². The molecule has 1 N–H and O–H groups in total. The maximum Gasteiger partial charge on any atom is 0.251 e. The van der Waals surface area contributed by atoms with Gasteiger partial charge in [-0.05, 0) is 43.8 Å². The van der Waals surface area contributed by atoms with E-state index in [1.54, 1.807) is 23.1 Å². The van der Waals surface area contributed by atoms with Crippen molar-refractivity contribution in [3.05, 3.63) is 81.8 Å². The summed E-state index contributed by atoms with van der Waals surface area (Å²) in [5.41, 5.74) is 3.07. The minimum atomic E-state index is -0.0280. The highest BCUT2D eigenvalue weighted by molar-refractivity contribution is 7.98. The molecule has 1 aromatic heterocycles. The second kappa shape index (κ2) is 10.4. The Morgan fingerprint density at radius 2 is 1.89 bits per heavy atom. The van der Waals surface area contributed by atoms with Gasteiger partial charge < -0.3 is 10.2 Å². The largest absolute Gasteiger partial charge is 0.351 e. The zero-order valence-corrected chi connectivity index (χ0v) is 17.9. The van der Waals surface area contributed by atoms with E-state index in [2.05, 4.69) is 39.8 Å². The van der Waals surface area contributed by atoms with Crippen molar-refractivity contribution in [1.29, 1.82) is 0 Å². The topological polar surface area (TPSA) is 45.2 Å². The van der Waals surface area contributed by atoms with E-state index in [-0.39, 0.29) is 5.91 Å². The van der Waals surface area contributed by atoms with Crippen LogP contribution in [0, 0.1) is 6.92 Å². The van der Waals surface area contributed by atoms with Gasteiger partial charge in [0.2, 0.25) is 0 Å². The molecule has 0 saturated carbocycles. The van der Waals surface area contributed by atoms with E-state index in [0.29, 0.717) is 12.1 Å². The van der Waals surface area contributed by atoms with Crippen molar-refractivity contribution in [3.8, 4) is 0 Å². The summed E-state index contributed by atoms with van der Waals surface area (Å²) in [5.74, 6) is 0.823. The molecule has 4 nitrogen and oxygen atoms in total. The number of carbonyl (C=O) groups is 1. The lowest BCUT2D eigenvalue weighted by Gasteiger charge is -2.17. The number of nitrogens with one attached hydrogen (secondary N) is 1. The lowest BCUT2D eigenvalue weighted by molar-refractivity contribution is 0.0949. The van der Waals surface area contributed by atoms with Gasteiger partial charge in [0.05, 0.1) is 10.7 Å². The van der Waals surface area contributed by atoms with Crippen LogP contribution in [0.4, 0.5) is 0 Å². The van der Waals surface area contributed by atoms with Crippen LogP contribution in [-0.4, -0.2) is 35.9 Å². The number of rotatable bonds is 9. The number of aromatic nitrogens is 1. The first kappa shape index (κ1) is 20.6. The van der Waals surface area contributed by atoms with Gasteiger partial charge >= 0.3 is 0 Å². The third-order valence-corrected chi connectivity index (χ3v) is 6.11. The molecule has 0 spiro atoms. The van der Waals surface area contributed by atoms with Crippen molar-refractivity contribution in [1.82, 2.24) is 15.2 Å². The molecule has 0 fully saturated rings. The Hall–Kier alpha value is -2.15. The zero-order chi connectivity index (χ0) is 19.8. The molecule has 0 saturated heterocycles. The fourth-order valence-corrected chi connectivity index (χ4v) is 4.28. The van der Waals surface area contributed by atoms with Crippen molar-refractivity contribution in [3.63, 3.8) is 0 Å². The number of benzene rings is 2. The van der Waals surface area contributed by atoms with Gasteiger partial charge in [0, 0.05) is 41.2 Å². The van der Waals surface area contributed by atoms with Gasteiger partial charge in [-0.1, -0.05) is 30.3 Å². The molecule has 3 aromatic rings. The van der Waals surface area contributed by atoms with Crippen LogP contribution in [0.25, 0.3) is 0 Å². The Labute approximate surface area is 175 Å². The van der Waals surface area contributed by atoms with Gasteiger partial charge in [-0.15, -0.1) is 23.1 Å². The molecule has 0 atom stereocenters. The van der Waals surface area contributed by atoms with Crippen molar-refractivity contribution in [2.45, 2.75) is 24.1 Å². The highest BCUT2D eigenvalue weighted by Crippen LogP contribution is 2.23. The highest BCUT2D eigenvalue weighted by Gasteiger charge is 2.07.